The van der Waals surface area contributed by atoms with Crippen LogP contribution in [0.5, 0.6) is 0 Å². The molecule has 1 aromatic heterocycles. The van der Waals surface area contributed by atoms with Gasteiger partial charge in [0.05, 0.1) is 10.0 Å². The average Bonchev–Trinajstić information content (AvgIpc) is 3.14. The summed E-state index contributed by atoms with van der Waals surface area (Å²) < 4.78 is 0. The predicted octanol–water partition coefficient (Wildman–Crippen LogP) is 6.32. The fraction of sp³-hybridized carbons (Fsp3) is 0.654. The van der Waals surface area contributed by atoms with Crippen LogP contribution in [0.15, 0.2) is 23.5 Å². The van der Waals surface area contributed by atoms with Gasteiger partial charge in [0.25, 0.3) is 0 Å². The number of allylic oxidation sites excluding steroid dienone is 2. The largest absolute Gasteiger partial charge is 0.318 e. The Morgan fingerprint density at radius 2 is 1.97 bits per heavy atom. The Morgan fingerprint density at radius 1 is 1.21 bits per heavy atom. The van der Waals surface area contributed by atoms with Gasteiger partial charge < -0.3 is 10.2 Å². The zero-order chi connectivity index (χ0) is 23.7. The lowest BCUT2D eigenvalue weighted by Gasteiger charge is -2.59. The van der Waals surface area contributed by atoms with Crippen LogP contribution < -0.4 is 5.32 Å². The Bertz CT molecular complexity index is 1060. The number of pyridine rings is 1. The average molecular weight is 490 g/mol. The lowest BCUT2D eigenvalue weighted by atomic mass is 9.48. The molecule has 1 N–H and O–H groups in total. The number of hydrogen-bond acceptors (Lipinski definition) is 3. The molecule has 33 heavy (non-hydrogen) atoms. The Balaban J connectivity index is 1.47. The van der Waals surface area contributed by atoms with Crippen LogP contribution in [0.4, 0.5) is 5.82 Å². The smallest absolute Gasteiger partial charge is 0.239 e. The maximum absolute atomic E-state index is 13.4. The van der Waals surface area contributed by atoms with Crippen LogP contribution in [-0.2, 0) is 9.59 Å². The predicted molar refractivity (Wildman–Crippen MR) is 131 cm³/mol. The van der Waals surface area contributed by atoms with E-state index in [4.69, 9.17) is 23.2 Å². The van der Waals surface area contributed by atoms with Crippen LogP contribution in [0.25, 0.3) is 0 Å². The molecule has 0 spiro atoms. The molecule has 1 unspecified atom stereocenters. The van der Waals surface area contributed by atoms with Crippen molar-refractivity contribution in [2.45, 2.75) is 65.7 Å². The number of likely N-dealkylation sites (tertiary alicyclic amines) is 1. The van der Waals surface area contributed by atoms with Gasteiger partial charge in [-0.05, 0) is 74.7 Å². The van der Waals surface area contributed by atoms with E-state index in [9.17, 15) is 9.59 Å². The number of carbonyl (C=O) groups excluding carboxylic acids is 2. The summed E-state index contributed by atoms with van der Waals surface area (Å²) in [6.07, 6.45) is 9.45. The first-order valence-corrected chi connectivity index (χ1v) is 12.9. The van der Waals surface area contributed by atoms with Crippen molar-refractivity contribution >= 4 is 40.8 Å². The fourth-order valence-corrected chi connectivity index (χ4v) is 8.58. The summed E-state index contributed by atoms with van der Waals surface area (Å²) in [6.45, 7) is 7.00. The Morgan fingerprint density at radius 3 is 2.70 bits per heavy atom. The number of anilines is 1. The number of aromatic nitrogens is 1. The molecule has 1 aliphatic heterocycles. The second-order valence-electron chi connectivity index (χ2n) is 11.3. The van der Waals surface area contributed by atoms with Crippen molar-refractivity contribution in [3.63, 3.8) is 0 Å². The molecule has 6 atom stereocenters. The van der Waals surface area contributed by atoms with Crippen molar-refractivity contribution in [2.75, 3.05) is 12.4 Å². The Kier molecular flexibility index (Phi) is 5.60. The lowest BCUT2D eigenvalue weighted by molar-refractivity contribution is -0.147. The number of hydrogen-bond donors (Lipinski definition) is 1. The third kappa shape index (κ3) is 3.53. The minimum absolute atomic E-state index is 0.149. The van der Waals surface area contributed by atoms with Gasteiger partial charge in [-0.2, -0.15) is 0 Å². The molecule has 7 heteroatoms. The van der Waals surface area contributed by atoms with E-state index in [0.717, 1.165) is 18.0 Å². The summed E-state index contributed by atoms with van der Waals surface area (Å²) >= 11 is 12.2. The van der Waals surface area contributed by atoms with E-state index in [1.165, 1.54) is 43.9 Å². The van der Waals surface area contributed by atoms with Crippen LogP contribution in [-0.4, -0.2) is 28.7 Å². The highest BCUT2D eigenvalue weighted by atomic mass is 35.5. The summed E-state index contributed by atoms with van der Waals surface area (Å²) in [7, 11) is 1.84. The van der Waals surface area contributed by atoms with E-state index in [1.807, 2.05) is 7.05 Å². The zero-order valence-electron chi connectivity index (χ0n) is 19.9. The van der Waals surface area contributed by atoms with Crippen LogP contribution in [0.1, 0.15) is 65.7 Å². The first-order chi connectivity index (χ1) is 15.5. The van der Waals surface area contributed by atoms with Gasteiger partial charge in [0, 0.05) is 24.4 Å². The molecule has 1 aromatic rings. The number of halogens is 2. The van der Waals surface area contributed by atoms with Crippen molar-refractivity contribution in [1.82, 2.24) is 9.88 Å². The normalized spacial score (nSPS) is 38.0. The highest BCUT2D eigenvalue weighted by Gasteiger charge is 2.60. The molecule has 4 aliphatic rings. The topological polar surface area (TPSA) is 62.3 Å². The monoisotopic (exact) mass is 489 g/mol. The second kappa shape index (κ2) is 7.98. The minimum atomic E-state index is -0.763. The maximum atomic E-state index is 13.4. The molecule has 2 saturated carbocycles. The van der Waals surface area contributed by atoms with Crippen LogP contribution in [0, 0.1) is 34.5 Å². The van der Waals surface area contributed by atoms with E-state index < -0.39 is 5.92 Å². The van der Waals surface area contributed by atoms with Crippen molar-refractivity contribution < 1.29 is 9.59 Å². The van der Waals surface area contributed by atoms with Crippen LogP contribution >= 0.6 is 23.2 Å². The summed E-state index contributed by atoms with van der Waals surface area (Å²) in [4.78, 5) is 32.7. The molecule has 1 saturated heterocycles. The summed E-state index contributed by atoms with van der Waals surface area (Å²) in [6, 6.07) is 1.54. The zero-order valence-corrected chi connectivity index (χ0v) is 21.4. The highest BCUT2D eigenvalue weighted by molar-refractivity contribution is 6.36. The molecule has 2 heterocycles. The SMILES string of the molecule is CC1=C2N(C)C(=O)C(C(=O)Nc3ncc(Cl)cc3Cl)C[C@]2(C)[C@@H]2CC[C@]3(C)CCC[C@H]3[C@@H]2C1. The third-order valence-electron chi connectivity index (χ3n) is 9.48. The van der Waals surface area contributed by atoms with E-state index in [1.54, 1.807) is 11.0 Å². The van der Waals surface area contributed by atoms with Gasteiger partial charge in [0.1, 0.15) is 5.92 Å². The second-order valence-corrected chi connectivity index (χ2v) is 12.2. The van der Waals surface area contributed by atoms with E-state index in [0.29, 0.717) is 28.7 Å². The summed E-state index contributed by atoms with van der Waals surface area (Å²) in [5, 5.41) is 3.45. The number of piperidine rings is 1. The number of carbonyl (C=O) groups is 2. The third-order valence-corrected chi connectivity index (χ3v) is 9.98. The maximum Gasteiger partial charge on any atom is 0.239 e. The van der Waals surface area contributed by atoms with Crippen molar-refractivity contribution in [3.8, 4) is 0 Å². The summed E-state index contributed by atoms with van der Waals surface area (Å²) in [5.74, 6) is 0.866. The van der Waals surface area contributed by atoms with Gasteiger partial charge >= 0.3 is 0 Å². The first kappa shape index (κ1) is 23.2. The van der Waals surface area contributed by atoms with Gasteiger partial charge in [-0.3, -0.25) is 9.59 Å². The molecular weight excluding hydrogens is 457 g/mol. The summed E-state index contributed by atoms with van der Waals surface area (Å²) in [5.41, 5.74) is 2.74. The van der Waals surface area contributed by atoms with E-state index in [-0.39, 0.29) is 28.1 Å². The van der Waals surface area contributed by atoms with Gasteiger partial charge in [-0.25, -0.2) is 4.98 Å². The number of fused-ring (bicyclic) bond motifs is 5. The quantitative estimate of drug-likeness (QED) is 0.494. The lowest BCUT2D eigenvalue weighted by Crippen LogP contribution is -2.57. The number of rotatable bonds is 2. The number of nitrogens with one attached hydrogen (secondary N) is 1. The molecule has 3 aliphatic carbocycles. The molecule has 5 nitrogen and oxygen atoms in total. The molecule has 0 bridgehead atoms. The molecule has 3 fully saturated rings. The van der Waals surface area contributed by atoms with E-state index in [2.05, 4.69) is 31.1 Å². The molecule has 5 rings (SSSR count). The molecule has 2 amide bonds. The first-order valence-electron chi connectivity index (χ1n) is 12.1. The van der Waals surface area contributed by atoms with Gasteiger partial charge in [0.2, 0.25) is 11.8 Å². The van der Waals surface area contributed by atoms with Gasteiger partial charge in [0.15, 0.2) is 5.82 Å². The van der Waals surface area contributed by atoms with Gasteiger partial charge in [-0.1, -0.05) is 49.0 Å². The number of nitrogens with zero attached hydrogens (tertiary/aromatic N) is 2. The van der Waals surface area contributed by atoms with Crippen molar-refractivity contribution in [1.29, 1.82) is 0 Å². The molecular formula is C26H33Cl2N3O2. The fourth-order valence-electron chi connectivity index (χ4n) is 8.16. The Labute approximate surface area is 206 Å². The van der Waals surface area contributed by atoms with Crippen molar-refractivity contribution in [3.05, 3.63) is 33.6 Å². The molecule has 178 valence electrons. The van der Waals surface area contributed by atoms with Crippen LogP contribution in [0.3, 0.4) is 0 Å². The highest BCUT2D eigenvalue weighted by Crippen LogP contribution is 2.65. The number of amides is 2. The minimum Gasteiger partial charge on any atom is -0.318 e. The Hall–Kier alpha value is -1.59. The molecule has 0 aromatic carbocycles. The van der Waals surface area contributed by atoms with Crippen LogP contribution in [0.2, 0.25) is 10.0 Å². The standard InChI is InChI=1S/C26H33Cl2N3O2/c1-14-10-16-18-6-5-8-25(18,2)9-7-19(16)26(3)12-17(24(33)31(4)21(14)26)23(32)30-22-20(28)11-15(27)13-29-22/h11,13,16-19H,5-10,12H2,1-4H3,(H,29,30,32)/t16-,17?,18-,19+,25-,26+/m0/s1. The van der Waals surface area contributed by atoms with Crippen molar-refractivity contribution in [2.24, 2.45) is 34.5 Å². The van der Waals surface area contributed by atoms with E-state index >= 15 is 0 Å². The van der Waals surface area contributed by atoms with Gasteiger partial charge in [-0.15, -0.1) is 0 Å². The molecule has 0 radical (unpaired) electrons.